The van der Waals surface area contributed by atoms with E-state index in [0.717, 1.165) is 76.0 Å². The molecule has 6 heteroatoms. The second-order valence-corrected chi connectivity index (χ2v) is 13.6. The van der Waals surface area contributed by atoms with Crippen molar-refractivity contribution >= 4 is 0 Å². The normalized spacial score (nSPS) is 21.4. The fraction of sp³-hybridized carbons (Fsp3) is 0.700. The van der Waals surface area contributed by atoms with E-state index in [1.54, 1.807) is 31.2 Å². The molecule has 4 rings (SSSR count). The van der Waals surface area contributed by atoms with Gasteiger partial charge in [0.25, 0.3) is 0 Å². The molecule has 46 heavy (non-hydrogen) atoms. The van der Waals surface area contributed by atoms with E-state index in [2.05, 4.69) is 13.8 Å². The van der Waals surface area contributed by atoms with Crippen molar-refractivity contribution in [2.45, 2.75) is 155 Å². The molecule has 0 N–H and O–H groups in total. The molecule has 260 valence electrons. The highest BCUT2D eigenvalue weighted by Gasteiger charge is 2.28. The van der Waals surface area contributed by atoms with Crippen molar-refractivity contribution in [2.24, 2.45) is 11.8 Å². The molecule has 0 radical (unpaired) electrons. The highest BCUT2D eigenvalue weighted by Crippen LogP contribution is 2.41. The summed E-state index contributed by atoms with van der Waals surface area (Å²) in [6.07, 6.45) is 20.6. The SMILES string of the molecule is CCCCCC1CCC(c2ccc(OCC)c(F)c2F)CC1.CCCCCC1CCC(c2ccc(OCCCC)c(F)c2F)CC1. The van der Waals surface area contributed by atoms with Crippen LogP contribution in [0.4, 0.5) is 17.6 Å². The summed E-state index contributed by atoms with van der Waals surface area (Å²) in [5.41, 5.74) is 1.08. The van der Waals surface area contributed by atoms with E-state index in [9.17, 15) is 17.6 Å². The van der Waals surface area contributed by atoms with Crippen molar-refractivity contribution in [1.82, 2.24) is 0 Å². The Kier molecular flexibility index (Phi) is 17.3. The van der Waals surface area contributed by atoms with Crippen LogP contribution < -0.4 is 9.47 Å². The van der Waals surface area contributed by atoms with E-state index in [1.807, 2.05) is 6.92 Å². The van der Waals surface area contributed by atoms with Crippen molar-refractivity contribution < 1.29 is 27.0 Å². The second-order valence-electron chi connectivity index (χ2n) is 13.6. The van der Waals surface area contributed by atoms with Gasteiger partial charge in [0.15, 0.2) is 23.1 Å². The molecule has 0 bridgehead atoms. The zero-order valence-electron chi connectivity index (χ0n) is 29.1. The lowest BCUT2D eigenvalue weighted by Gasteiger charge is -2.29. The average Bonchev–Trinajstić information content (AvgIpc) is 3.07. The molecular weight excluding hydrogens is 588 g/mol. The number of rotatable bonds is 16. The molecule has 0 unspecified atom stereocenters. The quantitative estimate of drug-likeness (QED) is 0.133. The molecule has 0 heterocycles. The van der Waals surface area contributed by atoms with Crippen molar-refractivity contribution in [2.75, 3.05) is 13.2 Å². The zero-order valence-corrected chi connectivity index (χ0v) is 29.1. The number of halogens is 4. The van der Waals surface area contributed by atoms with Gasteiger partial charge in [0.2, 0.25) is 11.6 Å². The van der Waals surface area contributed by atoms with Crippen LogP contribution in [0.25, 0.3) is 0 Å². The van der Waals surface area contributed by atoms with Crippen LogP contribution in [0.5, 0.6) is 11.5 Å². The molecule has 0 aliphatic heterocycles. The predicted octanol–water partition coefficient (Wildman–Crippen LogP) is 13.2. The molecule has 2 aliphatic carbocycles. The van der Waals surface area contributed by atoms with Gasteiger partial charge in [-0.15, -0.1) is 0 Å². The lowest BCUT2D eigenvalue weighted by Crippen LogP contribution is -2.15. The van der Waals surface area contributed by atoms with Gasteiger partial charge in [-0.3, -0.25) is 0 Å². The Morgan fingerprint density at radius 2 is 0.913 bits per heavy atom. The van der Waals surface area contributed by atoms with Gasteiger partial charge < -0.3 is 9.47 Å². The van der Waals surface area contributed by atoms with Crippen LogP contribution in [-0.2, 0) is 0 Å². The first-order chi connectivity index (χ1) is 22.3. The molecular formula is C40H60F4O2. The minimum atomic E-state index is -0.829. The Hall–Kier alpha value is -2.24. The molecule has 0 saturated heterocycles. The smallest absolute Gasteiger partial charge is 0.200 e. The summed E-state index contributed by atoms with van der Waals surface area (Å²) >= 11 is 0. The molecule has 2 nitrogen and oxygen atoms in total. The van der Waals surface area contributed by atoms with Crippen LogP contribution in [0.3, 0.4) is 0 Å². The summed E-state index contributed by atoms with van der Waals surface area (Å²) in [6.45, 7) is 9.05. The molecule has 0 amide bonds. The van der Waals surface area contributed by atoms with Crippen LogP contribution in [0, 0.1) is 35.1 Å². The fourth-order valence-corrected chi connectivity index (χ4v) is 7.32. The van der Waals surface area contributed by atoms with Crippen molar-refractivity contribution in [1.29, 1.82) is 0 Å². The third-order valence-electron chi connectivity index (χ3n) is 10.2. The van der Waals surface area contributed by atoms with Crippen LogP contribution >= 0.6 is 0 Å². The first kappa shape index (κ1) is 38.2. The zero-order chi connectivity index (χ0) is 33.3. The lowest BCUT2D eigenvalue weighted by molar-refractivity contribution is 0.282. The van der Waals surface area contributed by atoms with E-state index in [4.69, 9.17) is 9.47 Å². The Morgan fingerprint density at radius 3 is 1.30 bits per heavy atom. The fourth-order valence-electron chi connectivity index (χ4n) is 7.32. The van der Waals surface area contributed by atoms with Gasteiger partial charge in [-0.2, -0.15) is 8.78 Å². The van der Waals surface area contributed by atoms with Crippen LogP contribution in [0.1, 0.15) is 166 Å². The van der Waals surface area contributed by atoms with Gasteiger partial charge in [0.05, 0.1) is 13.2 Å². The highest BCUT2D eigenvalue weighted by molar-refractivity contribution is 5.34. The lowest BCUT2D eigenvalue weighted by atomic mass is 9.77. The summed E-state index contributed by atoms with van der Waals surface area (Å²) in [4.78, 5) is 0. The van der Waals surface area contributed by atoms with E-state index < -0.39 is 23.3 Å². The molecule has 2 aliphatic rings. The number of unbranched alkanes of at least 4 members (excludes halogenated alkanes) is 5. The van der Waals surface area contributed by atoms with Gasteiger partial charge >= 0.3 is 0 Å². The third kappa shape index (κ3) is 11.5. The monoisotopic (exact) mass is 648 g/mol. The summed E-state index contributed by atoms with van der Waals surface area (Å²) in [5.74, 6) is -1.10. The Bertz CT molecular complexity index is 1140. The highest BCUT2D eigenvalue weighted by atomic mass is 19.2. The van der Waals surface area contributed by atoms with E-state index >= 15 is 0 Å². The standard InChI is InChI=1S/C21H32F2O.C19H28F2O/c1-3-5-7-8-16-9-11-17(12-10-16)18-13-14-19(21(23)20(18)22)24-15-6-4-2;1-3-5-6-7-14-8-10-15(11-9-14)16-12-13-17(22-4-2)19(21)18(16)20/h13-14,16-17H,3-12,15H2,1-2H3;12-15H,3-11H2,1-2H3. The largest absolute Gasteiger partial charge is 0.491 e. The minimum Gasteiger partial charge on any atom is -0.491 e. The Balaban J connectivity index is 0.000000251. The third-order valence-corrected chi connectivity index (χ3v) is 10.2. The Labute approximate surface area is 277 Å². The van der Waals surface area contributed by atoms with E-state index in [-0.39, 0.29) is 23.3 Å². The van der Waals surface area contributed by atoms with Gasteiger partial charge in [-0.1, -0.05) is 90.7 Å². The van der Waals surface area contributed by atoms with E-state index in [1.165, 1.54) is 51.4 Å². The number of ether oxygens (including phenoxy) is 2. The van der Waals surface area contributed by atoms with Gasteiger partial charge in [-0.05, 0) is 112 Å². The second kappa shape index (κ2) is 20.9. The van der Waals surface area contributed by atoms with Crippen LogP contribution in [0.15, 0.2) is 24.3 Å². The first-order valence-electron chi connectivity index (χ1n) is 18.6. The molecule has 2 fully saturated rings. The first-order valence-corrected chi connectivity index (χ1v) is 18.6. The van der Waals surface area contributed by atoms with Crippen molar-refractivity contribution in [3.63, 3.8) is 0 Å². The van der Waals surface area contributed by atoms with Gasteiger partial charge in [0.1, 0.15) is 0 Å². The Morgan fingerprint density at radius 1 is 0.500 bits per heavy atom. The van der Waals surface area contributed by atoms with Gasteiger partial charge in [0, 0.05) is 0 Å². The summed E-state index contributed by atoms with van der Waals surface area (Å²) in [6, 6.07) is 6.63. The molecule has 2 aromatic carbocycles. The molecule has 2 aromatic rings. The topological polar surface area (TPSA) is 18.5 Å². The average molecular weight is 649 g/mol. The van der Waals surface area contributed by atoms with Crippen molar-refractivity contribution in [3.8, 4) is 11.5 Å². The predicted molar refractivity (Wildman–Crippen MR) is 182 cm³/mol. The summed E-state index contributed by atoms with van der Waals surface area (Å²) < 4.78 is 67.4. The number of benzene rings is 2. The number of hydrogen-bond acceptors (Lipinski definition) is 2. The summed E-state index contributed by atoms with van der Waals surface area (Å²) in [7, 11) is 0. The minimum absolute atomic E-state index is 0.0250. The van der Waals surface area contributed by atoms with Gasteiger partial charge in [-0.25, -0.2) is 8.78 Å². The van der Waals surface area contributed by atoms with Crippen LogP contribution in [0.2, 0.25) is 0 Å². The summed E-state index contributed by atoms with van der Waals surface area (Å²) in [5, 5.41) is 0. The molecule has 0 aromatic heterocycles. The number of hydrogen-bond donors (Lipinski definition) is 0. The molecule has 0 atom stereocenters. The van der Waals surface area contributed by atoms with Crippen molar-refractivity contribution in [3.05, 3.63) is 58.7 Å². The molecule has 2 saturated carbocycles. The maximum atomic E-state index is 14.4. The van der Waals surface area contributed by atoms with Crippen LogP contribution in [-0.4, -0.2) is 13.2 Å². The maximum Gasteiger partial charge on any atom is 0.200 e. The maximum absolute atomic E-state index is 14.4. The van der Waals surface area contributed by atoms with E-state index in [0.29, 0.717) is 24.3 Å². The molecule has 0 spiro atoms.